The zero-order chi connectivity index (χ0) is 84.1. The third kappa shape index (κ3) is 75.6. The molecular formula is C91H161N11S4. The minimum atomic E-state index is 0.485. The molecule has 15 heteroatoms. The van der Waals surface area contributed by atoms with Crippen molar-refractivity contribution in [3.8, 4) is 0 Å². The summed E-state index contributed by atoms with van der Waals surface area (Å²) in [5.74, 6) is 5.91. The first-order chi connectivity index (χ1) is 51.0. The number of hydrogen-bond acceptors (Lipinski definition) is 15. The first-order valence-corrected chi connectivity index (χ1v) is 43.4. The zero-order valence-electron chi connectivity index (χ0n) is 75.2. The van der Waals surface area contributed by atoms with Gasteiger partial charge in [-0.25, -0.2) is 29.3 Å². The van der Waals surface area contributed by atoms with E-state index in [-0.39, 0.29) is 0 Å². The molecule has 0 radical (unpaired) electrons. The number of rotatable bonds is 10. The fourth-order valence-electron chi connectivity index (χ4n) is 6.28. The molecule has 10 aromatic rings. The lowest BCUT2D eigenvalue weighted by Gasteiger charge is -2.01. The molecule has 0 saturated heterocycles. The van der Waals surface area contributed by atoms with E-state index < -0.39 is 0 Å². The van der Waals surface area contributed by atoms with E-state index in [1.807, 2.05) is 247 Å². The molecule has 0 saturated carbocycles. The van der Waals surface area contributed by atoms with Crippen molar-refractivity contribution in [2.24, 2.45) is 0 Å². The molecule has 0 fully saturated rings. The van der Waals surface area contributed by atoms with E-state index in [0.29, 0.717) is 59.2 Å². The quantitative estimate of drug-likeness (QED) is 0.129. The molecule has 0 aliphatic rings. The second-order valence-corrected chi connectivity index (χ2v) is 26.0. The molecule has 0 unspecified atom stereocenters. The Bertz CT molecular complexity index is 2470. The Kier molecular flexibility index (Phi) is 107. The van der Waals surface area contributed by atoms with Crippen LogP contribution in [0.5, 0.6) is 0 Å². The average molecular weight is 1540 g/mol. The van der Waals surface area contributed by atoms with Crippen molar-refractivity contribution in [1.29, 1.82) is 0 Å². The maximum Gasteiger partial charge on any atom is 0.115 e. The van der Waals surface area contributed by atoms with Gasteiger partial charge in [-0.15, -0.1) is 22.7 Å². The summed E-state index contributed by atoms with van der Waals surface area (Å²) in [5, 5.41) is 11.8. The Morgan fingerprint density at radius 2 is 0.726 bits per heavy atom. The smallest absolute Gasteiger partial charge is 0.115 e. The molecule has 10 rings (SSSR count). The normalized spacial score (nSPS) is 8.85. The summed E-state index contributed by atoms with van der Waals surface area (Å²) < 4.78 is 3.99. The van der Waals surface area contributed by atoms with Gasteiger partial charge in [0.25, 0.3) is 0 Å². The first-order valence-electron chi connectivity index (χ1n) is 39.9. The number of aromatic nitrogens is 11. The molecule has 10 aromatic heterocycles. The van der Waals surface area contributed by atoms with Crippen molar-refractivity contribution < 1.29 is 0 Å². The van der Waals surface area contributed by atoms with Crippen LogP contribution in [0.25, 0.3) is 0 Å². The number of thiophene rings is 2. The Morgan fingerprint density at radius 1 is 0.245 bits per heavy atom. The third-order valence-corrected chi connectivity index (χ3v) is 15.6. The van der Waals surface area contributed by atoms with E-state index in [4.69, 9.17) is 0 Å². The molecule has 0 aromatic carbocycles. The van der Waals surface area contributed by atoms with Gasteiger partial charge in [0.15, 0.2) is 0 Å². The van der Waals surface area contributed by atoms with Gasteiger partial charge in [-0.2, -0.15) is 11.3 Å². The van der Waals surface area contributed by atoms with E-state index in [2.05, 4.69) is 238 Å². The van der Waals surface area contributed by atoms with Gasteiger partial charge in [0.05, 0.1) is 10.7 Å². The van der Waals surface area contributed by atoms with Crippen LogP contribution in [0.2, 0.25) is 0 Å². The molecule has 604 valence electrons. The highest BCUT2D eigenvalue weighted by atomic mass is 32.1. The molecule has 0 aliphatic heterocycles. The summed E-state index contributed by atoms with van der Waals surface area (Å²) in [7, 11) is 0. The van der Waals surface area contributed by atoms with Gasteiger partial charge in [-0.3, -0.25) is 24.9 Å². The fourth-order valence-corrected chi connectivity index (χ4v) is 9.20. The minimum absolute atomic E-state index is 0.485. The van der Waals surface area contributed by atoms with Gasteiger partial charge in [0.1, 0.15) is 12.7 Å². The minimum Gasteiger partial charge on any atom is -0.265 e. The molecule has 11 nitrogen and oxygen atoms in total. The lowest BCUT2D eigenvalue weighted by Crippen LogP contribution is -1.91. The Balaban J connectivity index is -0.000000118. The Labute approximate surface area is 672 Å². The largest absolute Gasteiger partial charge is 0.265 e. The summed E-state index contributed by atoms with van der Waals surface area (Å²) in [5.41, 5.74) is 9.96. The maximum absolute atomic E-state index is 4.18. The monoisotopic (exact) mass is 1540 g/mol. The topological polar surface area (TPSA) is 142 Å². The summed E-state index contributed by atoms with van der Waals surface area (Å²) in [4.78, 5) is 41.5. The summed E-state index contributed by atoms with van der Waals surface area (Å²) >= 11 is 6.84. The second-order valence-electron chi connectivity index (χ2n) is 22.7. The Morgan fingerprint density at radius 3 is 0.972 bits per heavy atom. The number of hydrogen-bond donors (Lipinski definition) is 0. The number of nitrogens with zero attached hydrogens (tertiary/aromatic N) is 11. The van der Waals surface area contributed by atoms with Gasteiger partial charge in [0.2, 0.25) is 0 Å². The molecule has 10 heterocycles. The van der Waals surface area contributed by atoms with Crippen LogP contribution in [-0.2, 0) is 0 Å². The number of pyridine rings is 3. The summed E-state index contributed by atoms with van der Waals surface area (Å²) in [6, 6.07) is 22.5. The van der Waals surface area contributed by atoms with Gasteiger partial charge in [0, 0.05) is 114 Å². The molecule has 0 spiro atoms. The van der Waals surface area contributed by atoms with Crippen LogP contribution in [-0.4, -0.2) is 54.2 Å². The lowest BCUT2D eigenvalue weighted by molar-refractivity contribution is 0.812. The van der Waals surface area contributed by atoms with Crippen LogP contribution in [0.15, 0.2) is 187 Å². The van der Waals surface area contributed by atoms with Crippen molar-refractivity contribution in [2.75, 3.05) is 0 Å². The van der Waals surface area contributed by atoms with Crippen LogP contribution in [0.4, 0.5) is 0 Å². The van der Waals surface area contributed by atoms with Crippen LogP contribution >= 0.6 is 45.5 Å². The van der Waals surface area contributed by atoms with Crippen LogP contribution < -0.4 is 0 Å². The van der Waals surface area contributed by atoms with Crippen molar-refractivity contribution in [3.05, 3.63) is 242 Å². The van der Waals surface area contributed by atoms with Gasteiger partial charge < -0.3 is 0 Å². The van der Waals surface area contributed by atoms with Crippen molar-refractivity contribution >= 4 is 45.5 Å². The second kappa shape index (κ2) is 94.4. The van der Waals surface area contributed by atoms with E-state index in [9.17, 15) is 0 Å². The van der Waals surface area contributed by atoms with Crippen molar-refractivity contribution in [1.82, 2.24) is 54.2 Å². The summed E-state index contributed by atoms with van der Waals surface area (Å²) in [6.45, 7) is 83.1. The van der Waals surface area contributed by atoms with Crippen molar-refractivity contribution in [3.63, 3.8) is 0 Å². The van der Waals surface area contributed by atoms with Gasteiger partial charge in [-0.1, -0.05) is 295 Å². The standard InChI is InChI=1S/3C8H11N.3C7H10N2.2C7H10S.2C6H9NS.10C2H6/c1-7(2)8-3-5-9-6-4-8;1-7(2)8-4-3-5-9-6-8;1-7(2)8-5-3-4-6-9-8;1-6(2)7-3-8-5-9-4-7;1-6(2)7-5-8-3-4-9-7;1-6(2)7-3-4-8-5-9-7;1-6(2)7-3-4-8-5-7;1-6(2)7-4-3-5-8-7;1-5(2)6-3-7-8-4-6;1-5(2)6-7-3-4-8-6;10*1-2/h3*3-7H,1-2H3;3*3-6H,1-2H3;2*3-6H,1-2H3;2*3-5H,1-2H3;10*1-2H3. The third-order valence-electron chi connectivity index (χ3n) is 12.0. The maximum atomic E-state index is 4.18. The Hall–Kier alpha value is -6.65. The molecule has 0 amide bonds. The lowest BCUT2D eigenvalue weighted by atomic mass is 10.1. The predicted molar refractivity (Wildman–Crippen MR) is 486 cm³/mol. The molecular weight excluding hydrogens is 1380 g/mol. The van der Waals surface area contributed by atoms with Crippen LogP contribution in [0.3, 0.4) is 0 Å². The number of thiazole rings is 1. The molecule has 106 heavy (non-hydrogen) atoms. The van der Waals surface area contributed by atoms with E-state index in [0.717, 1.165) is 17.1 Å². The fraction of sp³-hybridized carbons (Fsp3) is 0.549. The molecule has 0 atom stereocenters. The zero-order valence-corrected chi connectivity index (χ0v) is 78.5. The first kappa shape index (κ1) is 120. The average Bonchev–Trinajstić information content (AvgIpc) is 1.92. The molecule has 0 aliphatic carbocycles. The highest BCUT2D eigenvalue weighted by Gasteiger charge is 2.02. The van der Waals surface area contributed by atoms with Gasteiger partial charge in [-0.05, 0) is 157 Å². The van der Waals surface area contributed by atoms with E-state index >= 15 is 0 Å². The highest BCUT2D eigenvalue weighted by molar-refractivity contribution is 7.10. The summed E-state index contributed by atoms with van der Waals surface area (Å²) in [6.07, 6.45) is 26.7. The van der Waals surface area contributed by atoms with Gasteiger partial charge >= 0.3 is 0 Å². The highest BCUT2D eigenvalue weighted by Crippen LogP contribution is 2.20. The van der Waals surface area contributed by atoms with E-state index in [1.54, 1.807) is 66.3 Å². The predicted octanol–water partition coefficient (Wildman–Crippen LogP) is 32.0. The van der Waals surface area contributed by atoms with Crippen LogP contribution in [0.1, 0.15) is 391 Å². The van der Waals surface area contributed by atoms with Crippen LogP contribution in [0, 0.1) is 0 Å². The SMILES string of the molecule is CC.CC.CC.CC.CC.CC.CC.CC.CC.CC.CC(C)c1ccccn1.CC(C)c1cccnc1.CC(C)c1cccs1.CC(C)c1ccncc1.CC(C)c1ccncn1.CC(C)c1ccsc1.CC(C)c1cnccn1.CC(C)c1cncnc1.CC(C)c1cnsc1.CC(C)c1nccs1. The van der Waals surface area contributed by atoms with E-state index in [1.165, 1.54) is 49.2 Å². The van der Waals surface area contributed by atoms with Crippen molar-refractivity contribution in [2.45, 2.75) is 336 Å². The molecule has 0 N–H and O–H groups in total. The molecule has 0 bridgehead atoms.